The number of nitrogens with two attached hydrogens (primary N) is 1. The highest BCUT2D eigenvalue weighted by Gasteiger charge is 2.20. The molecule has 1 aromatic rings. The molecule has 1 aliphatic rings. The standard InChI is InChI=1S/C13H17NO4/c1-17-13(16)2-3-18-12-7-9-5-10(14)4-8(9)6-11(12)15/h6-7,10,15H,2-5,14H2,1H3. The maximum atomic E-state index is 10.9. The number of phenols is 1. The molecule has 1 aromatic carbocycles. The van der Waals surface area contributed by atoms with Crippen molar-refractivity contribution in [3.63, 3.8) is 0 Å². The van der Waals surface area contributed by atoms with Crippen molar-refractivity contribution in [2.75, 3.05) is 13.7 Å². The van der Waals surface area contributed by atoms with Gasteiger partial charge in [-0.15, -0.1) is 0 Å². The zero-order valence-corrected chi connectivity index (χ0v) is 10.3. The zero-order chi connectivity index (χ0) is 13.1. The Labute approximate surface area is 106 Å². The molecule has 0 aromatic heterocycles. The Morgan fingerprint density at radius 1 is 1.44 bits per heavy atom. The van der Waals surface area contributed by atoms with Crippen molar-refractivity contribution in [1.82, 2.24) is 0 Å². The molecule has 0 fully saturated rings. The molecule has 5 nitrogen and oxygen atoms in total. The first-order valence-corrected chi connectivity index (χ1v) is 5.90. The lowest BCUT2D eigenvalue weighted by Crippen LogP contribution is -2.18. The number of methoxy groups -OCH3 is 1. The number of ether oxygens (including phenoxy) is 2. The highest BCUT2D eigenvalue weighted by molar-refractivity contribution is 5.69. The molecule has 2 rings (SSSR count). The van der Waals surface area contributed by atoms with Gasteiger partial charge in [-0.1, -0.05) is 0 Å². The molecule has 0 radical (unpaired) electrons. The monoisotopic (exact) mass is 251 g/mol. The minimum Gasteiger partial charge on any atom is -0.504 e. The minimum absolute atomic E-state index is 0.0905. The molecular formula is C13H17NO4. The first kappa shape index (κ1) is 12.7. The van der Waals surface area contributed by atoms with Gasteiger partial charge in [0.2, 0.25) is 0 Å². The molecule has 98 valence electrons. The van der Waals surface area contributed by atoms with E-state index in [1.807, 2.05) is 0 Å². The van der Waals surface area contributed by atoms with E-state index in [2.05, 4.69) is 4.74 Å². The van der Waals surface area contributed by atoms with E-state index in [1.54, 1.807) is 12.1 Å². The molecule has 0 bridgehead atoms. The number of carbonyl (C=O) groups is 1. The van der Waals surface area contributed by atoms with E-state index in [9.17, 15) is 9.90 Å². The van der Waals surface area contributed by atoms with E-state index in [4.69, 9.17) is 10.5 Å². The van der Waals surface area contributed by atoms with Crippen LogP contribution in [0.2, 0.25) is 0 Å². The molecule has 1 atom stereocenters. The summed E-state index contributed by atoms with van der Waals surface area (Å²) in [6.45, 7) is 0.186. The number of esters is 1. The summed E-state index contributed by atoms with van der Waals surface area (Å²) >= 11 is 0. The number of phenolic OH excluding ortho intramolecular Hbond substituents is 1. The van der Waals surface area contributed by atoms with Gasteiger partial charge in [0.15, 0.2) is 11.5 Å². The van der Waals surface area contributed by atoms with Gasteiger partial charge in [-0.25, -0.2) is 0 Å². The lowest BCUT2D eigenvalue weighted by Gasteiger charge is -2.09. The third-order valence-electron chi connectivity index (χ3n) is 3.04. The molecule has 0 aliphatic heterocycles. The number of rotatable bonds is 4. The lowest BCUT2D eigenvalue weighted by atomic mass is 10.1. The Morgan fingerprint density at radius 2 is 2.11 bits per heavy atom. The van der Waals surface area contributed by atoms with E-state index in [1.165, 1.54) is 7.11 Å². The SMILES string of the molecule is COC(=O)CCOc1cc2c(cc1O)CC(N)C2. The van der Waals surface area contributed by atoms with Crippen LogP contribution < -0.4 is 10.5 Å². The van der Waals surface area contributed by atoms with Crippen LogP contribution in [0.1, 0.15) is 17.5 Å². The molecule has 0 spiro atoms. The highest BCUT2D eigenvalue weighted by Crippen LogP contribution is 2.33. The van der Waals surface area contributed by atoms with Crippen LogP contribution in [0.25, 0.3) is 0 Å². The van der Waals surface area contributed by atoms with Crippen molar-refractivity contribution in [1.29, 1.82) is 0 Å². The van der Waals surface area contributed by atoms with Gasteiger partial charge in [0, 0.05) is 6.04 Å². The molecule has 0 amide bonds. The number of carbonyl (C=O) groups excluding carboxylic acids is 1. The number of hydrogen-bond acceptors (Lipinski definition) is 5. The minimum atomic E-state index is -0.335. The van der Waals surface area contributed by atoms with Crippen LogP contribution in [0, 0.1) is 0 Å². The van der Waals surface area contributed by atoms with Gasteiger partial charge in [-0.05, 0) is 36.1 Å². The van der Waals surface area contributed by atoms with Crippen LogP contribution in [-0.2, 0) is 22.4 Å². The summed E-state index contributed by atoms with van der Waals surface area (Å²) in [5, 5.41) is 9.80. The number of fused-ring (bicyclic) bond motifs is 1. The van der Waals surface area contributed by atoms with Crippen molar-refractivity contribution in [2.24, 2.45) is 5.73 Å². The predicted molar refractivity (Wildman–Crippen MR) is 65.6 cm³/mol. The fourth-order valence-corrected chi connectivity index (χ4v) is 2.13. The van der Waals surface area contributed by atoms with Crippen molar-refractivity contribution in [2.45, 2.75) is 25.3 Å². The normalized spacial score (nSPS) is 17.3. The topological polar surface area (TPSA) is 81.8 Å². The second-order valence-electron chi connectivity index (χ2n) is 4.43. The van der Waals surface area contributed by atoms with Crippen LogP contribution in [0.15, 0.2) is 12.1 Å². The Morgan fingerprint density at radius 3 is 2.78 bits per heavy atom. The van der Waals surface area contributed by atoms with Gasteiger partial charge in [-0.2, -0.15) is 0 Å². The number of aromatic hydroxyl groups is 1. The first-order valence-electron chi connectivity index (χ1n) is 5.90. The summed E-state index contributed by atoms with van der Waals surface area (Å²) in [7, 11) is 1.33. The third kappa shape index (κ3) is 2.73. The lowest BCUT2D eigenvalue weighted by molar-refractivity contribution is -0.141. The molecule has 18 heavy (non-hydrogen) atoms. The van der Waals surface area contributed by atoms with Crippen LogP contribution >= 0.6 is 0 Å². The van der Waals surface area contributed by atoms with Crippen molar-refractivity contribution < 1.29 is 19.4 Å². The highest BCUT2D eigenvalue weighted by atomic mass is 16.5. The van der Waals surface area contributed by atoms with Gasteiger partial charge in [0.25, 0.3) is 0 Å². The second-order valence-corrected chi connectivity index (χ2v) is 4.43. The third-order valence-corrected chi connectivity index (χ3v) is 3.04. The quantitative estimate of drug-likeness (QED) is 0.772. The fraction of sp³-hybridized carbons (Fsp3) is 0.462. The first-order chi connectivity index (χ1) is 8.60. The van der Waals surface area contributed by atoms with Crippen LogP contribution in [0.5, 0.6) is 11.5 Å². The van der Waals surface area contributed by atoms with Crippen LogP contribution in [0.3, 0.4) is 0 Å². The maximum absolute atomic E-state index is 10.9. The molecule has 1 unspecified atom stereocenters. The number of benzene rings is 1. The van der Waals surface area contributed by atoms with Crippen molar-refractivity contribution >= 4 is 5.97 Å². The summed E-state index contributed by atoms with van der Waals surface area (Å²) in [6.07, 6.45) is 1.74. The summed E-state index contributed by atoms with van der Waals surface area (Å²) < 4.78 is 9.89. The molecule has 0 heterocycles. The Balaban J connectivity index is 2.01. The number of hydrogen-bond donors (Lipinski definition) is 2. The Kier molecular flexibility index (Phi) is 3.72. The van der Waals surface area contributed by atoms with E-state index in [-0.39, 0.29) is 30.8 Å². The largest absolute Gasteiger partial charge is 0.504 e. The molecule has 0 saturated heterocycles. The van der Waals surface area contributed by atoms with E-state index >= 15 is 0 Å². The van der Waals surface area contributed by atoms with E-state index in [0.29, 0.717) is 5.75 Å². The average Bonchev–Trinajstić information content (AvgIpc) is 2.68. The zero-order valence-electron chi connectivity index (χ0n) is 10.3. The smallest absolute Gasteiger partial charge is 0.308 e. The summed E-state index contributed by atoms with van der Waals surface area (Å²) in [6, 6.07) is 3.61. The van der Waals surface area contributed by atoms with Crippen molar-refractivity contribution in [3.8, 4) is 11.5 Å². The van der Waals surface area contributed by atoms with Gasteiger partial charge < -0.3 is 20.3 Å². The molecule has 3 N–H and O–H groups in total. The van der Waals surface area contributed by atoms with Gasteiger partial charge in [0.05, 0.1) is 20.1 Å². The second kappa shape index (κ2) is 5.27. The van der Waals surface area contributed by atoms with Gasteiger partial charge >= 0.3 is 5.97 Å². The Bertz CT molecular complexity index is 459. The fourth-order valence-electron chi connectivity index (χ4n) is 2.13. The molecular weight excluding hydrogens is 234 g/mol. The predicted octanol–water partition coefficient (Wildman–Crippen LogP) is 0.760. The molecule has 1 aliphatic carbocycles. The average molecular weight is 251 g/mol. The summed E-state index contributed by atoms with van der Waals surface area (Å²) in [4.78, 5) is 10.9. The summed E-state index contributed by atoms with van der Waals surface area (Å²) in [5.74, 6) is 0.150. The van der Waals surface area contributed by atoms with Crippen molar-refractivity contribution in [3.05, 3.63) is 23.3 Å². The Hall–Kier alpha value is -1.75. The van der Waals surface area contributed by atoms with E-state index in [0.717, 1.165) is 24.0 Å². The maximum Gasteiger partial charge on any atom is 0.308 e. The van der Waals surface area contributed by atoms with Crippen LogP contribution in [-0.4, -0.2) is 30.8 Å². The van der Waals surface area contributed by atoms with E-state index < -0.39 is 0 Å². The summed E-state index contributed by atoms with van der Waals surface area (Å²) in [5.41, 5.74) is 8.03. The molecule has 0 saturated carbocycles. The van der Waals surface area contributed by atoms with Gasteiger partial charge in [-0.3, -0.25) is 4.79 Å². The van der Waals surface area contributed by atoms with Gasteiger partial charge in [0.1, 0.15) is 0 Å². The molecule has 5 heteroatoms. The van der Waals surface area contributed by atoms with Crippen LogP contribution in [0.4, 0.5) is 0 Å².